The zero-order valence-electron chi connectivity index (χ0n) is 20.9. The fourth-order valence-electron chi connectivity index (χ4n) is 3.79. The number of rotatable bonds is 10. The van der Waals surface area contributed by atoms with Gasteiger partial charge in [-0.1, -0.05) is 58.0 Å². The van der Waals surface area contributed by atoms with Gasteiger partial charge in [0.25, 0.3) is 0 Å². The minimum atomic E-state index is -3.65. The van der Waals surface area contributed by atoms with Gasteiger partial charge in [0.2, 0.25) is 0 Å². The van der Waals surface area contributed by atoms with E-state index >= 15 is 0 Å². The van der Waals surface area contributed by atoms with E-state index in [1.165, 1.54) is 6.92 Å². The van der Waals surface area contributed by atoms with E-state index in [1.54, 1.807) is 35.4 Å². The number of nitrogens with one attached hydrogen (secondary N) is 1. The summed E-state index contributed by atoms with van der Waals surface area (Å²) in [6, 6.07) is 16.2. The molecule has 0 aliphatic rings. The van der Waals surface area contributed by atoms with Gasteiger partial charge in [0, 0.05) is 12.2 Å². The Morgan fingerprint density at radius 2 is 1.63 bits per heavy atom. The lowest BCUT2D eigenvalue weighted by Crippen LogP contribution is -2.34. The second-order valence-electron chi connectivity index (χ2n) is 9.06. The van der Waals surface area contributed by atoms with Gasteiger partial charge in [0.15, 0.2) is 0 Å². The number of hydrogen-bond donors (Lipinski definition) is 1. The fraction of sp³-hybridized carbons (Fsp3) is 0.370. The maximum absolute atomic E-state index is 13.6. The molecule has 0 saturated carbocycles. The molecule has 1 heterocycles. The first kappa shape index (κ1) is 26.3. The van der Waals surface area contributed by atoms with Gasteiger partial charge < -0.3 is 18.8 Å². The Balaban J connectivity index is 1.91. The lowest BCUT2D eigenvalue weighted by molar-refractivity contribution is 0.201. The molecule has 8 heteroatoms. The Hall–Kier alpha value is -3.26. The Morgan fingerprint density at radius 1 is 0.971 bits per heavy atom. The van der Waals surface area contributed by atoms with E-state index in [4.69, 9.17) is 8.60 Å². The van der Waals surface area contributed by atoms with E-state index in [1.807, 2.05) is 30.3 Å². The molecule has 0 bridgehead atoms. The third kappa shape index (κ3) is 7.11. The summed E-state index contributed by atoms with van der Waals surface area (Å²) in [5.41, 5.74) is 3.71. The van der Waals surface area contributed by atoms with Crippen molar-refractivity contribution in [3.8, 4) is 5.75 Å². The second kappa shape index (κ2) is 11.4. The van der Waals surface area contributed by atoms with E-state index in [9.17, 15) is 13.2 Å². The van der Waals surface area contributed by atoms with E-state index in [0.717, 1.165) is 22.4 Å². The number of carbonyl (C=O) groups excluding carboxylic acids is 1. The van der Waals surface area contributed by atoms with Crippen LogP contribution in [-0.2, 0) is 23.2 Å². The molecule has 0 fully saturated rings. The van der Waals surface area contributed by atoms with E-state index in [2.05, 4.69) is 33.0 Å². The molecule has 2 amide bonds. The molecule has 0 unspecified atom stereocenters. The number of benzene rings is 2. The minimum Gasteiger partial charge on any atom is -0.467 e. The van der Waals surface area contributed by atoms with Crippen LogP contribution in [-0.4, -0.2) is 25.1 Å². The second-order valence-corrected chi connectivity index (χ2v) is 10.9. The summed E-state index contributed by atoms with van der Waals surface area (Å²) in [6.45, 7) is 10.4. The number of nitrogens with zero attached hydrogens (tertiary/aromatic N) is 1. The molecule has 0 aliphatic carbocycles. The summed E-state index contributed by atoms with van der Waals surface area (Å²) in [5, 5.41) is 3.15. The number of carbonyl (C=O) groups is 1. The number of anilines is 1. The summed E-state index contributed by atoms with van der Waals surface area (Å²) in [6.07, 6.45) is 1.57. The van der Waals surface area contributed by atoms with Crippen LogP contribution in [0.2, 0.25) is 0 Å². The van der Waals surface area contributed by atoms with Crippen LogP contribution >= 0.6 is 0 Å². The maximum atomic E-state index is 13.6. The van der Waals surface area contributed by atoms with Crippen LogP contribution in [0.3, 0.4) is 0 Å². The summed E-state index contributed by atoms with van der Waals surface area (Å²) in [4.78, 5) is 15.2. The quantitative estimate of drug-likeness (QED) is 0.323. The Morgan fingerprint density at radius 3 is 2.20 bits per heavy atom. The van der Waals surface area contributed by atoms with Crippen LogP contribution in [0.5, 0.6) is 5.75 Å². The average Bonchev–Trinajstić information content (AvgIpc) is 3.31. The highest BCUT2D eigenvalue weighted by molar-refractivity contribution is 7.87. The van der Waals surface area contributed by atoms with Gasteiger partial charge in [0.05, 0.1) is 18.6 Å². The minimum absolute atomic E-state index is 0.127. The third-order valence-electron chi connectivity index (χ3n) is 5.67. The Labute approximate surface area is 208 Å². The lowest BCUT2D eigenvalue weighted by Gasteiger charge is -2.26. The number of urea groups is 1. The molecule has 0 spiro atoms. The normalized spacial score (nSPS) is 11.6. The van der Waals surface area contributed by atoms with Crippen molar-refractivity contribution in [2.24, 2.45) is 0 Å². The van der Waals surface area contributed by atoms with Crippen LogP contribution in [0.15, 0.2) is 65.3 Å². The maximum Gasteiger partial charge on any atom is 0.322 e. The van der Waals surface area contributed by atoms with Crippen molar-refractivity contribution >= 4 is 21.8 Å². The van der Waals surface area contributed by atoms with E-state index in [0.29, 0.717) is 5.76 Å². The average molecular weight is 499 g/mol. The number of amides is 2. The molecule has 0 aliphatic heterocycles. The molecular weight excluding hydrogens is 464 g/mol. The van der Waals surface area contributed by atoms with Gasteiger partial charge in [-0.05, 0) is 59.7 Å². The predicted octanol–water partition coefficient (Wildman–Crippen LogP) is 6.49. The molecule has 35 heavy (non-hydrogen) atoms. The zero-order valence-corrected chi connectivity index (χ0v) is 21.8. The molecule has 1 N–H and O–H groups in total. The van der Waals surface area contributed by atoms with Crippen molar-refractivity contribution in [2.45, 2.75) is 59.5 Å². The molecule has 0 saturated heterocycles. The molecule has 7 nitrogen and oxygen atoms in total. The molecule has 0 radical (unpaired) electrons. The van der Waals surface area contributed by atoms with Gasteiger partial charge >= 0.3 is 16.1 Å². The molecule has 188 valence electrons. The number of hydrogen-bond acceptors (Lipinski definition) is 5. The number of para-hydroxylation sites is 1. The first-order valence-corrected chi connectivity index (χ1v) is 13.4. The summed E-state index contributed by atoms with van der Waals surface area (Å²) < 4.78 is 34.4. The van der Waals surface area contributed by atoms with E-state index in [-0.39, 0.29) is 42.5 Å². The van der Waals surface area contributed by atoms with Gasteiger partial charge in [0.1, 0.15) is 11.5 Å². The highest BCUT2D eigenvalue weighted by atomic mass is 32.2. The first-order chi connectivity index (χ1) is 16.6. The van der Waals surface area contributed by atoms with Crippen LogP contribution in [0, 0.1) is 0 Å². The summed E-state index contributed by atoms with van der Waals surface area (Å²) in [5.74, 6) is 1.20. The van der Waals surface area contributed by atoms with Gasteiger partial charge in [-0.25, -0.2) is 4.79 Å². The van der Waals surface area contributed by atoms with Crippen molar-refractivity contribution in [1.82, 2.24) is 4.90 Å². The van der Waals surface area contributed by atoms with Crippen molar-refractivity contribution in [3.63, 3.8) is 0 Å². The highest BCUT2D eigenvalue weighted by Crippen LogP contribution is 2.33. The molecule has 0 atom stereocenters. The molecule has 3 rings (SSSR count). The van der Waals surface area contributed by atoms with E-state index < -0.39 is 10.1 Å². The molecule has 2 aromatic carbocycles. The Kier molecular flexibility index (Phi) is 8.62. The Bertz CT molecular complexity index is 1210. The monoisotopic (exact) mass is 498 g/mol. The fourth-order valence-corrected chi connectivity index (χ4v) is 4.31. The van der Waals surface area contributed by atoms with Crippen molar-refractivity contribution in [3.05, 3.63) is 83.3 Å². The van der Waals surface area contributed by atoms with Crippen LogP contribution < -0.4 is 9.50 Å². The molecular formula is C27H34N2O5S. The standard InChI is InChI=1S/C27H34N2O5S/c1-6-35(31,32)34-22-11-7-10-21(16-22)17-29(18-23-12-9-15-33-23)27(30)28-26-24(19(2)3)13-8-14-25(26)20(4)5/h7-16,19-20H,6,17-18H2,1-5H3,(H,28,30). The molecule has 1 aromatic heterocycles. The smallest absolute Gasteiger partial charge is 0.322 e. The number of furan rings is 1. The highest BCUT2D eigenvalue weighted by Gasteiger charge is 2.21. The van der Waals surface area contributed by atoms with Crippen molar-refractivity contribution < 1.29 is 21.8 Å². The summed E-state index contributed by atoms with van der Waals surface area (Å²) >= 11 is 0. The van der Waals surface area contributed by atoms with Crippen molar-refractivity contribution in [2.75, 3.05) is 11.1 Å². The predicted molar refractivity (Wildman–Crippen MR) is 138 cm³/mol. The topological polar surface area (TPSA) is 88.9 Å². The molecule has 3 aromatic rings. The van der Waals surface area contributed by atoms with Crippen LogP contribution in [0.25, 0.3) is 0 Å². The van der Waals surface area contributed by atoms with Crippen molar-refractivity contribution in [1.29, 1.82) is 0 Å². The zero-order chi connectivity index (χ0) is 25.6. The van der Waals surface area contributed by atoms with Gasteiger partial charge in [-0.2, -0.15) is 8.42 Å². The van der Waals surface area contributed by atoms with Gasteiger partial charge in [-0.3, -0.25) is 0 Å². The lowest BCUT2D eigenvalue weighted by atomic mass is 9.93. The summed E-state index contributed by atoms with van der Waals surface area (Å²) in [7, 11) is -3.65. The SMILES string of the molecule is CCS(=O)(=O)Oc1cccc(CN(Cc2ccco2)C(=O)Nc2c(C(C)C)cccc2C(C)C)c1. The van der Waals surface area contributed by atoms with Crippen LogP contribution in [0.4, 0.5) is 10.5 Å². The van der Waals surface area contributed by atoms with Crippen LogP contribution in [0.1, 0.15) is 68.9 Å². The third-order valence-corrected chi connectivity index (χ3v) is 6.82. The van der Waals surface area contributed by atoms with Gasteiger partial charge in [-0.15, -0.1) is 0 Å². The largest absolute Gasteiger partial charge is 0.467 e. The first-order valence-electron chi connectivity index (χ1n) is 11.8.